The number of nitrogens with zero attached hydrogens (tertiary/aromatic N) is 2. The lowest BCUT2D eigenvalue weighted by Gasteiger charge is -2.60. The molecule has 0 aromatic heterocycles. The number of nitrogens with one attached hydrogen (secondary N) is 2. The molecule has 8 heteroatoms. The first-order valence-corrected chi connectivity index (χ1v) is 12.3. The van der Waals surface area contributed by atoms with Crippen LogP contribution in [0.1, 0.15) is 71.2 Å². The van der Waals surface area contributed by atoms with Gasteiger partial charge in [-0.05, 0) is 74.2 Å². The van der Waals surface area contributed by atoms with Crippen LogP contribution in [0.2, 0.25) is 0 Å². The number of imide groups is 2. The summed E-state index contributed by atoms with van der Waals surface area (Å²) >= 11 is 0. The van der Waals surface area contributed by atoms with Crippen molar-refractivity contribution in [3.05, 3.63) is 34.9 Å². The number of benzene rings is 1. The minimum absolute atomic E-state index is 0.127. The van der Waals surface area contributed by atoms with Crippen molar-refractivity contribution in [1.82, 2.24) is 20.4 Å². The molecule has 1 aromatic carbocycles. The zero-order valence-corrected chi connectivity index (χ0v) is 18.8. The number of fused-ring (bicyclic) bond motifs is 1. The molecule has 1 saturated carbocycles. The van der Waals surface area contributed by atoms with Crippen LogP contribution in [0.3, 0.4) is 0 Å². The van der Waals surface area contributed by atoms with Gasteiger partial charge in [0.2, 0.25) is 11.8 Å². The van der Waals surface area contributed by atoms with E-state index in [0.717, 1.165) is 36.0 Å². The maximum Gasteiger partial charge on any atom is 0.262 e. The van der Waals surface area contributed by atoms with E-state index >= 15 is 0 Å². The molecule has 1 aliphatic carbocycles. The molecule has 2 unspecified atom stereocenters. The van der Waals surface area contributed by atoms with Crippen molar-refractivity contribution < 1.29 is 19.2 Å². The Labute approximate surface area is 193 Å². The third-order valence-corrected chi connectivity index (χ3v) is 8.70. The van der Waals surface area contributed by atoms with Gasteiger partial charge in [-0.2, -0.15) is 0 Å². The van der Waals surface area contributed by atoms with Crippen LogP contribution in [-0.2, 0) is 16.1 Å². The molecule has 5 aliphatic rings. The van der Waals surface area contributed by atoms with E-state index in [1.165, 1.54) is 38.6 Å². The first-order chi connectivity index (χ1) is 15.9. The lowest BCUT2D eigenvalue weighted by Crippen LogP contribution is -2.68. The van der Waals surface area contributed by atoms with Gasteiger partial charge in [0.25, 0.3) is 11.8 Å². The second-order valence-electron chi connectivity index (χ2n) is 10.5. The normalized spacial score (nSPS) is 29.6. The molecule has 4 fully saturated rings. The minimum Gasteiger partial charge on any atom is -0.312 e. The van der Waals surface area contributed by atoms with Gasteiger partial charge in [0.05, 0.1) is 11.1 Å². The topological polar surface area (TPSA) is 98.8 Å². The Morgan fingerprint density at radius 3 is 2.36 bits per heavy atom. The summed E-state index contributed by atoms with van der Waals surface area (Å²) in [5, 5.41) is 5.94. The van der Waals surface area contributed by atoms with Crippen molar-refractivity contribution in [1.29, 1.82) is 0 Å². The Morgan fingerprint density at radius 1 is 0.970 bits per heavy atom. The fraction of sp³-hybridized carbons (Fsp3) is 0.600. The van der Waals surface area contributed by atoms with Gasteiger partial charge in [-0.15, -0.1) is 0 Å². The van der Waals surface area contributed by atoms with Crippen LogP contribution in [0, 0.1) is 11.3 Å². The molecule has 33 heavy (non-hydrogen) atoms. The monoisotopic (exact) mass is 450 g/mol. The molecule has 8 nitrogen and oxygen atoms in total. The van der Waals surface area contributed by atoms with E-state index in [4.69, 9.17) is 0 Å². The highest BCUT2D eigenvalue weighted by Crippen LogP contribution is 2.52. The van der Waals surface area contributed by atoms with E-state index in [1.54, 1.807) is 6.07 Å². The van der Waals surface area contributed by atoms with E-state index < -0.39 is 23.8 Å². The summed E-state index contributed by atoms with van der Waals surface area (Å²) in [6.07, 6.45) is 6.87. The van der Waals surface area contributed by atoms with Crippen molar-refractivity contribution in [2.45, 2.75) is 63.6 Å². The molecule has 1 aromatic rings. The number of amides is 4. The van der Waals surface area contributed by atoms with Crippen molar-refractivity contribution in [2.75, 3.05) is 19.6 Å². The Bertz CT molecular complexity index is 1040. The number of rotatable bonds is 4. The van der Waals surface area contributed by atoms with Crippen molar-refractivity contribution in [2.24, 2.45) is 11.3 Å². The van der Waals surface area contributed by atoms with Gasteiger partial charge in [-0.3, -0.25) is 34.3 Å². The predicted molar refractivity (Wildman–Crippen MR) is 119 cm³/mol. The van der Waals surface area contributed by atoms with Gasteiger partial charge in [0.1, 0.15) is 6.04 Å². The number of piperidine rings is 2. The predicted octanol–water partition coefficient (Wildman–Crippen LogP) is 1.44. The molecular formula is C25H30N4O4. The van der Waals surface area contributed by atoms with E-state index in [0.29, 0.717) is 22.6 Å². The van der Waals surface area contributed by atoms with Gasteiger partial charge in [-0.25, -0.2) is 0 Å². The minimum atomic E-state index is -0.920. The van der Waals surface area contributed by atoms with Gasteiger partial charge in [0.15, 0.2) is 0 Å². The summed E-state index contributed by atoms with van der Waals surface area (Å²) in [6, 6.07) is 5.22. The Balaban J connectivity index is 1.10. The fourth-order valence-electron chi connectivity index (χ4n) is 6.61. The fourth-order valence-corrected chi connectivity index (χ4v) is 6.61. The molecule has 2 N–H and O–H groups in total. The number of likely N-dealkylation sites (tertiary alicyclic amines) is 1. The molecule has 0 bridgehead atoms. The lowest BCUT2D eigenvalue weighted by molar-refractivity contribution is -0.136. The standard InChI is InChI=1S/C25H30N4O4/c30-20-5-4-19(22(31)27-20)29-23(32)17-3-2-15(12-18(17)24(29)33)13-28-10-6-16(7-11-28)21-25(14-26-21)8-1-9-25/h2-3,12,16,19,21,26H,1,4-11,13-14H2,(H,27,30,31). The van der Waals surface area contributed by atoms with Crippen LogP contribution < -0.4 is 10.6 Å². The number of hydrogen-bond acceptors (Lipinski definition) is 6. The van der Waals surface area contributed by atoms with Crippen LogP contribution in [0.5, 0.6) is 0 Å². The molecule has 1 spiro atoms. The summed E-state index contributed by atoms with van der Waals surface area (Å²) < 4.78 is 0. The largest absolute Gasteiger partial charge is 0.312 e. The van der Waals surface area contributed by atoms with Crippen LogP contribution >= 0.6 is 0 Å². The molecule has 4 aliphatic heterocycles. The van der Waals surface area contributed by atoms with Crippen LogP contribution in [-0.4, -0.2) is 65.1 Å². The molecule has 2 atom stereocenters. The molecule has 4 heterocycles. The highest BCUT2D eigenvalue weighted by Gasteiger charge is 2.53. The van der Waals surface area contributed by atoms with E-state index in [-0.39, 0.29) is 18.7 Å². The maximum atomic E-state index is 13.0. The van der Waals surface area contributed by atoms with Gasteiger partial charge >= 0.3 is 0 Å². The molecule has 6 rings (SSSR count). The zero-order valence-electron chi connectivity index (χ0n) is 18.8. The molecule has 3 saturated heterocycles. The highest BCUT2D eigenvalue weighted by molar-refractivity contribution is 6.23. The van der Waals surface area contributed by atoms with Crippen molar-refractivity contribution in [3.8, 4) is 0 Å². The quantitative estimate of drug-likeness (QED) is 0.674. The second kappa shape index (κ2) is 7.74. The zero-order chi connectivity index (χ0) is 22.7. The highest BCUT2D eigenvalue weighted by atomic mass is 16.2. The summed E-state index contributed by atoms with van der Waals surface area (Å²) in [5.74, 6) is -1.07. The number of carbonyl (C=O) groups is 4. The number of carbonyl (C=O) groups excluding carboxylic acids is 4. The third kappa shape index (κ3) is 3.34. The second-order valence-corrected chi connectivity index (χ2v) is 10.5. The molecule has 174 valence electrons. The van der Waals surface area contributed by atoms with Crippen LogP contribution in [0.15, 0.2) is 18.2 Å². The third-order valence-electron chi connectivity index (χ3n) is 8.70. The molecule has 0 radical (unpaired) electrons. The summed E-state index contributed by atoms with van der Waals surface area (Å²) in [7, 11) is 0. The molecule has 4 amide bonds. The average molecular weight is 451 g/mol. The SMILES string of the molecule is O=C1CCC(N2C(=O)c3ccc(CN4CCC(C5NCC56CCC6)CC4)cc3C2=O)C(=O)N1. The Morgan fingerprint density at radius 2 is 1.73 bits per heavy atom. The first kappa shape index (κ1) is 21.0. The average Bonchev–Trinajstić information content (AvgIpc) is 2.98. The molecular weight excluding hydrogens is 420 g/mol. The Kier molecular flexibility index (Phi) is 4.92. The van der Waals surface area contributed by atoms with Crippen molar-refractivity contribution in [3.63, 3.8) is 0 Å². The summed E-state index contributed by atoms with van der Waals surface area (Å²) in [6.45, 7) is 4.05. The van der Waals surface area contributed by atoms with Gasteiger partial charge < -0.3 is 5.32 Å². The van der Waals surface area contributed by atoms with E-state index in [9.17, 15) is 19.2 Å². The summed E-state index contributed by atoms with van der Waals surface area (Å²) in [5.41, 5.74) is 2.32. The van der Waals surface area contributed by atoms with Gasteiger partial charge in [0, 0.05) is 25.6 Å². The van der Waals surface area contributed by atoms with Crippen molar-refractivity contribution >= 4 is 23.6 Å². The van der Waals surface area contributed by atoms with E-state index in [1.807, 2.05) is 12.1 Å². The van der Waals surface area contributed by atoms with Crippen LogP contribution in [0.4, 0.5) is 0 Å². The van der Waals surface area contributed by atoms with E-state index in [2.05, 4.69) is 15.5 Å². The van der Waals surface area contributed by atoms with Crippen LogP contribution in [0.25, 0.3) is 0 Å². The maximum absolute atomic E-state index is 13.0. The number of hydrogen-bond donors (Lipinski definition) is 2. The first-order valence-electron chi connectivity index (χ1n) is 12.3. The smallest absolute Gasteiger partial charge is 0.262 e. The van der Waals surface area contributed by atoms with Gasteiger partial charge in [-0.1, -0.05) is 12.5 Å². The summed E-state index contributed by atoms with van der Waals surface area (Å²) in [4.78, 5) is 53.1. The lowest BCUT2D eigenvalue weighted by atomic mass is 9.55. The Hall–Kier alpha value is -2.58.